The van der Waals surface area contributed by atoms with Gasteiger partial charge in [0.05, 0.1) is 35.2 Å². The van der Waals surface area contributed by atoms with Gasteiger partial charge in [-0.25, -0.2) is 4.98 Å². The Bertz CT molecular complexity index is 1180. The summed E-state index contributed by atoms with van der Waals surface area (Å²) in [7, 11) is 0. The van der Waals surface area contributed by atoms with Crippen molar-refractivity contribution in [3.63, 3.8) is 0 Å². The van der Waals surface area contributed by atoms with E-state index in [1.807, 2.05) is 19.1 Å². The van der Waals surface area contributed by atoms with E-state index in [1.54, 1.807) is 17.2 Å². The van der Waals surface area contributed by atoms with Gasteiger partial charge in [-0.05, 0) is 55.5 Å². The maximum Gasteiger partial charge on any atom is 0.130 e. The number of H-pyrrole nitrogens is 1. The Balaban J connectivity index is 1.65. The normalized spacial score (nSPS) is 19.4. The molecule has 0 unspecified atom stereocenters. The number of aromatic amines is 1. The zero-order valence-electron chi connectivity index (χ0n) is 16.7. The molecule has 5 rings (SSSR count). The molecule has 1 aliphatic rings. The van der Waals surface area contributed by atoms with Crippen LogP contribution in [0.4, 0.5) is 5.69 Å². The Morgan fingerprint density at radius 2 is 1.90 bits per heavy atom. The van der Waals surface area contributed by atoms with Crippen LogP contribution < -0.4 is 4.90 Å². The second-order valence-corrected chi connectivity index (χ2v) is 8.26. The molecule has 148 valence electrons. The first-order chi connectivity index (χ1) is 14.0. The number of hydrogen-bond donors (Lipinski definition) is 1. The van der Waals surface area contributed by atoms with Gasteiger partial charge in [0.2, 0.25) is 0 Å². The molecular formula is C22H23ClN6. The van der Waals surface area contributed by atoms with Gasteiger partial charge in [0.15, 0.2) is 0 Å². The first-order valence-electron chi connectivity index (χ1n) is 9.92. The van der Waals surface area contributed by atoms with Crippen LogP contribution in [-0.2, 0) is 0 Å². The predicted molar refractivity (Wildman–Crippen MR) is 116 cm³/mol. The summed E-state index contributed by atoms with van der Waals surface area (Å²) in [4.78, 5) is 12.7. The Kier molecular flexibility index (Phi) is 4.32. The van der Waals surface area contributed by atoms with E-state index in [-0.39, 0.29) is 6.04 Å². The third-order valence-electron chi connectivity index (χ3n) is 5.98. The molecule has 2 aromatic heterocycles. The molecule has 0 amide bonds. The van der Waals surface area contributed by atoms with Crippen LogP contribution in [0.25, 0.3) is 16.7 Å². The number of para-hydroxylation sites is 1. The van der Waals surface area contributed by atoms with E-state index in [4.69, 9.17) is 16.6 Å². The van der Waals surface area contributed by atoms with Gasteiger partial charge >= 0.3 is 0 Å². The largest absolute Gasteiger partial charge is 0.359 e. The van der Waals surface area contributed by atoms with Crippen LogP contribution >= 0.6 is 11.6 Å². The molecule has 2 atom stereocenters. The van der Waals surface area contributed by atoms with Crippen molar-refractivity contribution in [2.45, 2.75) is 33.2 Å². The lowest BCUT2D eigenvalue weighted by Crippen LogP contribution is -2.27. The number of anilines is 1. The number of hydrogen-bond acceptors (Lipinski definition) is 4. The fraction of sp³-hybridized carbons (Fsp3) is 0.318. The van der Waals surface area contributed by atoms with Gasteiger partial charge in [-0.2, -0.15) is 10.2 Å². The van der Waals surface area contributed by atoms with Crippen LogP contribution in [0, 0.1) is 19.8 Å². The average Bonchev–Trinajstić information content (AvgIpc) is 3.44. The van der Waals surface area contributed by atoms with Crippen LogP contribution in [-0.4, -0.2) is 31.5 Å². The molecule has 29 heavy (non-hydrogen) atoms. The van der Waals surface area contributed by atoms with Crippen molar-refractivity contribution in [3.05, 3.63) is 64.7 Å². The number of nitrogens with zero attached hydrogens (tertiary/aromatic N) is 5. The lowest BCUT2D eigenvalue weighted by molar-refractivity contribution is 0.513. The van der Waals surface area contributed by atoms with Gasteiger partial charge in [-0.1, -0.05) is 30.7 Å². The minimum absolute atomic E-state index is 0.149. The molecule has 1 N–H and O–H groups in total. The van der Waals surface area contributed by atoms with Crippen molar-refractivity contribution < 1.29 is 0 Å². The number of benzene rings is 2. The van der Waals surface area contributed by atoms with Crippen molar-refractivity contribution in [2.75, 3.05) is 11.4 Å². The Morgan fingerprint density at radius 3 is 2.69 bits per heavy atom. The summed E-state index contributed by atoms with van der Waals surface area (Å²) in [5, 5.41) is 9.49. The number of rotatable bonds is 3. The molecule has 1 fully saturated rings. The highest BCUT2D eigenvalue weighted by Crippen LogP contribution is 2.43. The van der Waals surface area contributed by atoms with Crippen LogP contribution in [0.2, 0.25) is 5.02 Å². The van der Waals surface area contributed by atoms with Crippen molar-refractivity contribution in [1.29, 1.82) is 0 Å². The summed E-state index contributed by atoms with van der Waals surface area (Å²) < 4.78 is 0. The maximum atomic E-state index is 6.33. The molecule has 0 spiro atoms. The van der Waals surface area contributed by atoms with Gasteiger partial charge in [-0.3, -0.25) is 0 Å². The number of aryl methyl sites for hydroxylation is 2. The molecule has 6 nitrogen and oxygen atoms in total. The van der Waals surface area contributed by atoms with Gasteiger partial charge in [-0.15, -0.1) is 4.80 Å². The fourth-order valence-corrected chi connectivity index (χ4v) is 4.63. The standard InChI is InChI=1S/C22H23ClN6/c1-13-5-4-6-18(29-24-10-11-25-29)20(13)28-12-9-14(2)21(28)22-26-17-8-7-16(23)15(3)19(17)27-22/h4-8,10-11,14,21H,9,12H2,1-3H3,(H,26,27)/t14-,21-/m0/s1. The van der Waals surface area contributed by atoms with Crippen molar-refractivity contribution >= 4 is 28.3 Å². The summed E-state index contributed by atoms with van der Waals surface area (Å²) >= 11 is 6.33. The topological polar surface area (TPSA) is 62.6 Å². The second-order valence-electron chi connectivity index (χ2n) is 7.86. The Hall–Kier alpha value is -2.86. The Morgan fingerprint density at radius 1 is 1.10 bits per heavy atom. The minimum Gasteiger partial charge on any atom is -0.359 e. The Labute approximate surface area is 174 Å². The minimum atomic E-state index is 0.149. The van der Waals surface area contributed by atoms with E-state index in [9.17, 15) is 0 Å². The summed E-state index contributed by atoms with van der Waals surface area (Å²) in [6.45, 7) is 7.42. The van der Waals surface area contributed by atoms with Crippen LogP contribution in [0.5, 0.6) is 0 Å². The van der Waals surface area contributed by atoms with Gasteiger partial charge in [0, 0.05) is 11.6 Å². The molecule has 4 aromatic rings. The van der Waals surface area contributed by atoms with Crippen LogP contribution in [0.15, 0.2) is 42.7 Å². The lowest BCUT2D eigenvalue weighted by Gasteiger charge is -2.30. The quantitative estimate of drug-likeness (QED) is 0.520. The molecule has 1 saturated heterocycles. The monoisotopic (exact) mass is 406 g/mol. The summed E-state index contributed by atoms with van der Waals surface area (Å²) in [5.74, 6) is 1.45. The number of halogens is 1. The first-order valence-corrected chi connectivity index (χ1v) is 10.3. The molecule has 0 aliphatic carbocycles. The average molecular weight is 407 g/mol. The lowest BCUT2D eigenvalue weighted by atomic mass is 10.0. The van der Waals surface area contributed by atoms with Crippen molar-refractivity contribution in [1.82, 2.24) is 25.0 Å². The first kappa shape index (κ1) is 18.2. The molecule has 0 saturated carbocycles. The molecule has 7 heteroatoms. The van der Waals surface area contributed by atoms with E-state index in [2.05, 4.69) is 52.1 Å². The van der Waals surface area contributed by atoms with Gasteiger partial charge in [0.25, 0.3) is 0 Å². The van der Waals surface area contributed by atoms with Crippen LogP contribution in [0.3, 0.4) is 0 Å². The molecule has 1 aliphatic heterocycles. The molecular weight excluding hydrogens is 384 g/mol. The van der Waals surface area contributed by atoms with Gasteiger partial charge < -0.3 is 9.88 Å². The number of fused-ring (bicyclic) bond motifs is 1. The molecule has 3 heterocycles. The SMILES string of the molecule is Cc1cccc(-n2nccn2)c1N1CC[C@H](C)[C@H]1c1nc2c(C)c(Cl)ccc2[nH]1. The summed E-state index contributed by atoms with van der Waals surface area (Å²) in [5.41, 5.74) is 6.35. The highest BCUT2D eigenvalue weighted by molar-refractivity contribution is 6.32. The molecule has 0 bridgehead atoms. The van der Waals surface area contributed by atoms with E-state index >= 15 is 0 Å². The fourth-order valence-electron chi connectivity index (χ4n) is 4.48. The third-order valence-corrected chi connectivity index (χ3v) is 6.39. The smallest absolute Gasteiger partial charge is 0.130 e. The van der Waals surface area contributed by atoms with E-state index < -0.39 is 0 Å². The zero-order chi connectivity index (χ0) is 20.1. The van der Waals surface area contributed by atoms with Gasteiger partial charge in [0.1, 0.15) is 11.5 Å². The van der Waals surface area contributed by atoms with E-state index in [0.717, 1.165) is 51.8 Å². The summed E-state index contributed by atoms with van der Waals surface area (Å²) in [6.07, 6.45) is 4.52. The van der Waals surface area contributed by atoms with Crippen molar-refractivity contribution in [3.8, 4) is 5.69 Å². The number of imidazole rings is 1. The third kappa shape index (κ3) is 2.90. The van der Waals surface area contributed by atoms with E-state index in [0.29, 0.717) is 5.92 Å². The van der Waals surface area contributed by atoms with Crippen LogP contribution in [0.1, 0.15) is 36.3 Å². The highest BCUT2D eigenvalue weighted by atomic mass is 35.5. The zero-order valence-corrected chi connectivity index (χ0v) is 17.5. The molecule has 2 aromatic carbocycles. The maximum absolute atomic E-state index is 6.33. The van der Waals surface area contributed by atoms with E-state index in [1.165, 1.54) is 5.56 Å². The number of nitrogens with one attached hydrogen (secondary N) is 1. The highest BCUT2D eigenvalue weighted by Gasteiger charge is 2.37. The van der Waals surface area contributed by atoms with Crippen molar-refractivity contribution in [2.24, 2.45) is 5.92 Å². The summed E-state index contributed by atoms with van der Waals surface area (Å²) in [6, 6.07) is 10.4. The predicted octanol–water partition coefficient (Wildman–Crippen LogP) is 5.00. The number of aromatic nitrogens is 5. The second kappa shape index (κ2) is 6.88. The molecule has 0 radical (unpaired) electrons.